The fourth-order valence-corrected chi connectivity index (χ4v) is 1.22. The van der Waals surface area contributed by atoms with E-state index in [-0.39, 0.29) is 0 Å². The molecule has 0 N–H and O–H groups in total. The Morgan fingerprint density at radius 2 is 1.70 bits per heavy atom. The molecule has 0 saturated carbocycles. The Balaban J connectivity index is 2.89. The van der Waals surface area contributed by atoms with E-state index < -0.39 is 0 Å². The zero-order valence-electron chi connectivity index (χ0n) is 5.22. The molecule has 0 amide bonds. The van der Waals surface area contributed by atoms with E-state index >= 15 is 0 Å². The SMILES string of the molecule is Br/C=C\c1ccc(Br)cc1. The Kier molecular flexibility index (Phi) is 3.16. The van der Waals surface area contributed by atoms with Crippen LogP contribution < -0.4 is 0 Å². The van der Waals surface area contributed by atoms with E-state index in [1.54, 1.807) is 0 Å². The van der Waals surface area contributed by atoms with Gasteiger partial charge < -0.3 is 0 Å². The van der Waals surface area contributed by atoms with Crippen molar-refractivity contribution in [3.8, 4) is 0 Å². The van der Waals surface area contributed by atoms with E-state index in [4.69, 9.17) is 0 Å². The minimum atomic E-state index is 1.11. The maximum atomic E-state index is 3.36. The average molecular weight is 262 g/mol. The van der Waals surface area contributed by atoms with Gasteiger partial charge in [-0.25, -0.2) is 0 Å². The summed E-state index contributed by atoms with van der Waals surface area (Å²) in [7, 11) is 0. The maximum absolute atomic E-state index is 3.36. The summed E-state index contributed by atoms with van der Waals surface area (Å²) in [6.45, 7) is 0. The zero-order chi connectivity index (χ0) is 7.40. The van der Waals surface area contributed by atoms with Crippen molar-refractivity contribution in [1.29, 1.82) is 0 Å². The first-order valence-corrected chi connectivity index (χ1v) is 4.56. The maximum Gasteiger partial charge on any atom is 0.0175 e. The minimum Gasteiger partial charge on any atom is -0.0595 e. The third kappa shape index (κ3) is 2.27. The Morgan fingerprint density at radius 3 is 2.20 bits per heavy atom. The van der Waals surface area contributed by atoms with Crippen LogP contribution in [0.3, 0.4) is 0 Å². The van der Waals surface area contributed by atoms with Crippen molar-refractivity contribution in [3.63, 3.8) is 0 Å². The molecule has 0 heterocycles. The second-order valence-corrected chi connectivity index (χ2v) is 3.29. The fourth-order valence-electron chi connectivity index (χ4n) is 0.647. The summed E-state index contributed by atoms with van der Waals surface area (Å²) in [6.07, 6.45) is 1.99. The van der Waals surface area contributed by atoms with E-state index in [2.05, 4.69) is 31.9 Å². The van der Waals surface area contributed by atoms with Crippen LogP contribution in [0.2, 0.25) is 0 Å². The molecule has 0 radical (unpaired) electrons. The number of rotatable bonds is 1. The van der Waals surface area contributed by atoms with Gasteiger partial charge in [0.25, 0.3) is 0 Å². The topological polar surface area (TPSA) is 0 Å². The van der Waals surface area contributed by atoms with Gasteiger partial charge in [-0.1, -0.05) is 44.0 Å². The Morgan fingerprint density at radius 1 is 1.10 bits per heavy atom. The van der Waals surface area contributed by atoms with Crippen molar-refractivity contribution in [1.82, 2.24) is 0 Å². The van der Waals surface area contributed by atoms with Crippen LogP contribution >= 0.6 is 31.9 Å². The van der Waals surface area contributed by atoms with Crippen LogP contribution in [0, 0.1) is 0 Å². The molecular weight excluding hydrogens is 256 g/mol. The zero-order valence-corrected chi connectivity index (χ0v) is 8.39. The number of hydrogen-bond donors (Lipinski definition) is 0. The molecule has 0 aliphatic rings. The van der Waals surface area contributed by atoms with E-state index in [0.717, 1.165) is 4.47 Å². The van der Waals surface area contributed by atoms with Gasteiger partial charge >= 0.3 is 0 Å². The van der Waals surface area contributed by atoms with Crippen LogP contribution in [0.1, 0.15) is 5.56 Å². The highest BCUT2D eigenvalue weighted by atomic mass is 79.9. The normalized spacial score (nSPS) is 10.6. The van der Waals surface area contributed by atoms with E-state index in [0.29, 0.717) is 0 Å². The molecule has 0 nitrogen and oxygen atoms in total. The van der Waals surface area contributed by atoms with Gasteiger partial charge in [-0.2, -0.15) is 0 Å². The van der Waals surface area contributed by atoms with Crippen LogP contribution in [0.25, 0.3) is 6.08 Å². The van der Waals surface area contributed by atoms with Crippen molar-refractivity contribution >= 4 is 37.9 Å². The monoisotopic (exact) mass is 260 g/mol. The molecule has 1 aromatic rings. The third-order valence-electron chi connectivity index (χ3n) is 1.13. The van der Waals surface area contributed by atoms with Gasteiger partial charge in [-0.15, -0.1) is 0 Å². The number of halogens is 2. The quantitative estimate of drug-likeness (QED) is 0.721. The summed E-state index contributed by atoms with van der Waals surface area (Å²) in [5.41, 5.74) is 1.19. The highest BCUT2D eigenvalue weighted by Gasteiger charge is 1.84. The summed E-state index contributed by atoms with van der Waals surface area (Å²) in [5, 5.41) is 0. The molecule has 0 atom stereocenters. The predicted molar refractivity (Wildman–Crippen MR) is 52.1 cm³/mol. The molecule has 0 aromatic heterocycles. The first-order valence-electron chi connectivity index (χ1n) is 2.85. The molecule has 0 aliphatic carbocycles. The standard InChI is InChI=1S/C8H6Br2/c9-6-5-7-1-3-8(10)4-2-7/h1-6H/b6-5-. The molecule has 0 unspecified atom stereocenters. The number of benzene rings is 1. The first kappa shape index (κ1) is 8.02. The van der Waals surface area contributed by atoms with Crippen LogP contribution in [0.4, 0.5) is 0 Å². The third-order valence-corrected chi connectivity index (χ3v) is 1.92. The fraction of sp³-hybridized carbons (Fsp3) is 0. The van der Waals surface area contributed by atoms with Crippen LogP contribution in [0.5, 0.6) is 0 Å². The smallest absolute Gasteiger partial charge is 0.0175 e. The Bertz CT molecular complexity index is 224. The van der Waals surface area contributed by atoms with Crippen molar-refractivity contribution < 1.29 is 0 Å². The summed E-state index contributed by atoms with van der Waals surface area (Å²) >= 11 is 6.57. The van der Waals surface area contributed by atoms with E-state index in [1.165, 1.54) is 5.56 Å². The molecule has 10 heavy (non-hydrogen) atoms. The Labute approximate surface area is 77.2 Å². The van der Waals surface area contributed by atoms with E-state index in [1.807, 2.05) is 35.3 Å². The van der Waals surface area contributed by atoms with Crippen LogP contribution in [-0.2, 0) is 0 Å². The van der Waals surface area contributed by atoms with Crippen molar-refractivity contribution in [2.45, 2.75) is 0 Å². The van der Waals surface area contributed by atoms with Crippen LogP contribution in [0.15, 0.2) is 33.7 Å². The summed E-state index contributed by atoms with van der Waals surface area (Å²) in [6, 6.07) is 8.12. The van der Waals surface area contributed by atoms with Crippen molar-refractivity contribution in [2.75, 3.05) is 0 Å². The number of hydrogen-bond acceptors (Lipinski definition) is 0. The minimum absolute atomic E-state index is 1.11. The largest absolute Gasteiger partial charge is 0.0595 e. The lowest BCUT2D eigenvalue weighted by molar-refractivity contribution is 1.62. The van der Waals surface area contributed by atoms with Gasteiger partial charge in [-0.3, -0.25) is 0 Å². The molecule has 0 spiro atoms. The second-order valence-electron chi connectivity index (χ2n) is 1.84. The molecule has 52 valence electrons. The lowest BCUT2D eigenvalue weighted by Crippen LogP contribution is -1.68. The van der Waals surface area contributed by atoms with Crippen molar-refractivity contribution in [2.24, 2.45) is 0 Å². The van der Waals surface area contributed by atoms with Gasteiger partial charge in [0.2, 0.25) is 0 Å². The molecule has 0 fully saturated rings. The highest BCUT2D eigenvalue weighted by molar-refractivity contribution is 9.11. The Hall–Kier alpha value is -0.0800. The summed E-state index contributed by atoms with van der Waals surface area (Å²) < 4.78 is 1.11. The predicted octanol–water partition coefficient (Wildman–Crippen LogP) is 3.81. The molecule has 2 heteroatoms. The van der Waals surface area contributed by atoms with Gasteiger partial charge in [0.1, 0.15) is 0 Å². The summed E-state index contributed by atoms with van der Waals surface area (Å²) in [5.74, 6) is 0. The van der Waals surface area contributed by atoms with Gasteiger partial charge in [0.05, 0.1) is 0 Å². The first-order chi connectivity index (χ1) is 4.83. The van der Waals surface area contributed by atoms with Gasteiger partial charge in [0.15, 0.2) is 0 Å². The van der Waals surface area contributed by atoms with Gasteiger partial charge in [-0.05, 0) is 28.8 Å². The van der Waals surface area contributed by atoms with Crippen molar-refractivity contribution in [3.05, 3.63) is 39.3 Å². The van der Waals surface area contributed by atoms with Gasteiger partial charge in [0, 0.05) is 4.47 Å². The van der Waals surface area contributed by atoms with Crippen LogP contribution in [-0.4, -0.2) is 0 Å². The average Bonchev–Trinajstić information content (AvgIpc) is 1.95. The molecular formula is C8H6Br2. The molecule has 0 aliphatic heterocycles. The summed E-state index contributed by atoms with van der Waals surface area (Å²) in [4.78, 5) is 1.84. The lowest BCUT2D eigenvalue weighted by atomic mass is 10.2. The lowest BCUT2D eigenvalue weighted by Gasteiger charge is -1.90. The molecule has 1 rings (SSSR count). The molecule has 1 aromatic carbocycles. The molecule has 0 bridgehead atoms. The van der Waals surface area contributed by atoms with E-state index in [9.17, 15) is 0 Å². The second kappa shape index (κ2) is 3.94. The highest BCUT2D eigenvalue weighted by Crippen LogP contribution is 2.11. The molecule has 0 saturated heterocycles.